The minimum absolute atomic E-state index is 0.241. The number of ether oxygens (including phenoxy) is 2. The molecule has 1 heterocycles. The Morgan fingerprint density at radius 3 is 2.93 bits per heavy atom. The average molecular weight is 216 g/mol. The largest absolute Gasteiger partial charge is 0.486 e. The van der Waals surface area contributed by atoms with Crippen LogP contribution in [0.25, 0.3) is 0 Å². The van der Waals surface area contributed by atoms with Crippen LogP contribution >= 0.6 is 11.6 Å². The summed E-state index contributed by atoms with van der Waals surface area (Å²) in [6.45, 7) is 1.29. The van der Waals surface area contributed by atoms with Crippen molar-refractivity contribution in [3.63, 3.8) is 0 Å². The van der Waals surface area contributed by atoms with Crippen LogP contribution in [0.5, 0.6) is 11.5 Å². The maximum absolute atomic E-state index is 8.64. The van der Waals surface area contributed by atoms with Crippen LogP contribution in [0.3, 0.4) is 0 Å². The van der Waals surface area contributed by atoms with E-state index in [9.17, 15) is 0 Å². The Morgan fingerprint density at radius 2 is 2.14 bits per heavy atom. The molecule has 4 nitrogen and oxygen atoms in total. The first-order valence-electron chi connectivity index (χ1n) is 4.27. The highest BCUT2D eigenvalue weighted by molar-refractivity contribution is 6.31. The van der Waals surface area contributed by atoms with Gasteiger partial charge in [-0.2, -0.15) is 0 Å². The first kappa shape index (κ1) is 9.58. The summed E-state index contributed by atoms with van der Waals surface area (Å²) in [5, 5.41) is 9.19. The Hall–Kier alpha value is -0.970. The van der Waals surface area contributed by atoms with Crippen molar-refractivity contribution in [2.75, 3.05) is 13.2 Å². The van der Waals surface area contributed by atoms with E-state index in [1.807, 2.05) is 0 Å². The average Bonchev–Trinajstić information content (AvgIpc) is 2.23. The van der Waals surface area contributed by atoms with E-state index >= 15 is 0 Å². The van der Waals surface area contributed by atoms with Crippen LogP contribution in [-0.2, 0) is 6.54 Å². The van der Waals surface area contributed by atoms with Crippen molar-refractivity contribution in [1.82, 2.24) is 5.48 Å². The standard InChI is InChI=1S/C9H10ClNO3/c10-7-1-2-8-9(6(7)5-11-12)14-4-3-13-8/h1-2,11-12H,3-5H2. The molecule has 2 rings (SSSR count). The van der Waals surface area contributed by atoms with Crippen molar-refractivity contribution in [3.05, 3.63) is 22.7 Å². The van der Waals surface area contributed by atoms with Gasteiger partial charge >= 0.3 is 0 Å². The minimum Gasteiger partial charge on any atom is -0.486 e. The van der Waals surface area contributed by atoms with E-state index in [0.29, 0.717) is 35.3 Å². The van der Waals surface area contributed by atoms with Crippen molar-refractivity contribution in [2.45, 2.75) is 6.54 Å². The molecule has 14 heavy (non-hydrogen) atoms. The molecule has 0 radical (unpaired) electrons. The van der Waals surface area contributed by atoms with Gasteiger partial charge in [-0.1, -0.05) is 11.6 Å². The van der Waals surface area contributed by atoms with E-state index in [2.05, 4.69) is 5.48 Å². The summed E-state index contributed by atoms with van der Waals surface area (Å²) in [5.41, 5.74) is 2.77. The van der Waals surface area contributed by atoms with Gasteiger partial charge in [0.2, 0.25) is 0 Å². The lowest BCUT2D eigenvalue weighted by Crippen LogP contribution is -2.18. The number of halogens is 1. The zero-order chi connectivity index (χ0) is 9.97. The molecular weight excluding hydrogens is 206 g/mol. The Morgan fingerprint density at radius 1 is 1.36 bits per heavy atom. The number of hydrogen-bond acceptors (Lipinski definition) is 4. The Kier molecular flexibility index (Phi) is 2.77. The number of nitrogens with one attached hydrogen (secondary N) is 1. The highest BCUT2D eigenvalue weighted by atomic mass is 35.5. The quantitative estimate of drug-likeness (QED) is 0.736. The van der Waals surface area contributed by atoms with Crippen molar-refractivity contribution in [1.29, 1.82) is 0 Å². The van der Waals surface area contributed by atoms with Crippen molar-refractivity contribution < 1.29 is 14.7 Å². The summed E-state index contributed by atoms with van der Waals surface area (Å²) in [6, 6.07) is 3.49. The van der Waals surface area contributed by atoms with Crippen molar-refractivity contribution in [2.24, 2.45) is 0 Å². The normalized spacial score (nSPS) is 14.1. The lowest BCUT2D eigenvalue weighted by Gasteiger charge is -2.21. The predicted octanol–water partition coefficient (Wildman–Crippen LogP) is 1.59. The summed E-state index contributed by atoms with van der Waals surface area (Å²) in [7, 11) is 0. The maximum atomic E-state index is 8.64. The van der Waals surface area contributed by atoms with Crippen LogP contribution in [-0.4, -0.2) is 18.4 Å². The minimum atomic E-state index is 0.241. The molecule has 0 spiro atoms. The van der Waals surface area contributed by atoms with Crippen LogP contribution < -0.4 is 15.0 Å². The molecule has 1 aromatic carbocycles. The number of hydrogen-bond donors (Lipinski definition) is 2. The van der Waals surface area contributed by atoms with Crippen LogP contribution in [0, 0.1) is 0 Å². The van der Waals surface area contributed by atoms with E-state index in [-0.39, 0.29) is 6.54 Å². The first-order valence-corrected chi connectivity index (χ1v) is 4.64. The summed E-state index contributed by atoms with van der Waals surface area (Å²) in [5.74, 6) is 1.29. The third-order valence-corrected chi connectivity index (χ3v) is 2.36. The second-order valence-corrected chi connectivity index (χ2v) is 3.29. The number of benzene rings is 1. The lowest BCUT2D eigenvalue weighted by atomic mass is 10.1. The molecule has 0 aromatic heterocycles. The second-order valence-electron chi connectivity index (χ2n) is 2.89. The Balaban J connectivity index is 2.43. The zero-order valence-corrected chi connectivity index (χ0v) is 8.17. The van der Waals surface area contributed by atoms with Gasteiger partial charge in [0, 0.05) is 10.6 Å². The molecule has 0 amide bonds. The van der Waals surface area contributed by atoms with E-state index in [1.165, 1.54) is 0 Å². The molecule has 1 aliphatic rings. The zero-order valence-electron chi connectivity index (χ0n) is 7.42. The van der Waals surface area contributed by atoms with Crippen LogP contribution in [0.1, 0.15) is 5.56 Å². The van der Waals surface area contributed by atoms with Crippen molar-refractivity contribution in [3.8, 4) is 11.5 Å². The van der Waals surface area contributed by atoms with Gasteiger partial charge in [-0.15, -0.1) is 0 Å². The van der Waals surface area contributed by atoms with E-state index < -0.39 is 0 Å². The summed E-state index contributed by atoms with van der Waals surface area (Å²) in [4.78, 5) is 0. The van der Waals surface area contributed by atoms with Gasteiger partial charge in [-0.05, 0) is 12.1 Å². The van der Waals surface area contributed by atoms with E-state index in [4.69, 9.17) is 26.3 Å². The molecule has 0 bridgehead atoms. The van der Waals surface area contributed by atoms with Crippen molar-refractivity contribution >= 4 is 11.6 Å². The van der Waals surface area contributed by atoms with Crippen LogP contribution in [0.2, 0.25) is 5.02 Å². The SMILES string of the molecule is ONCc1c(Cl)ccc2c1OCCO2. The van der Waals surface area contributed by atoms with Gasteiger partial charge in [0.05, 0.1) is 6.54 Å². The molecule has 0 fully saturated rings. The van der Waals surface area contributed by atoms with Gasteiger partial charge in [-0.3, -0.25) is 0 Å². The van der Waals surface area contributed by atoms with Gasteiger partial charge < -0.3 is 14.7 Å². The molecule has 0 unspecified atom stereocenters. The fraction of sp³-hybridized carbons (Fsp3) is 0.333. The number of rotatable bonds is 2. The monoisotopic (exact) mass is 215 g/mol. The van der Waals surface area contributed by atoms with Gasteiger partial charge in [0.15, 0.2) is 11.5 Å². The number of hydroxylamine groups is 1. The molecular formula is C9H10ClNO3. The van der Waals surface area contributed by atoms with Crippen LogP contribution in [0.15, 0.2) is 12.1 Å². The second kappa shape index (κ2) is 4.04. The number of fused-ring (bicyclic) bond motifs is 1. The molecule has 76 valence electrons. The molecule has 0 saturated carbocycles. The maximum Gasteiger partial charge on any atom is 0.167 e. The fourth-order valence-corrected chi connectivity index (χ4v) is 1.61. The fourth-order valence-electron chi connectivity index (χ4n) is 1.39. The first-order chi connectivity index (χ1) is 6.83. The summed E-state index contributed by atoms with van der Waals surface area (Å²) < 4.78 is 10.8. The molecule has 5 heteroatoms. The van der Waals surface area contributed by atoms with Gasteiger partial charge in [0.25, 0.3) is 0 Å². The summed E-state index contributed by atoms with van der Waals surface area (Å²) >= 11 is 5.95. The van der Waals surface area contributed by atoms with Gasteiger partial charge in [-0.25, -0.2) is 5.48 Å². The molecule has 0 atom stereocenters. The van der Waals surface area contributed by atoms with Gasteiger partial charge in [0.1, 0.15) is 13.2 Å². The van der Waals surface area contributed by atoms with E-state index in [1.54, 1.807) is 12.1 Å². The Bertz CT molecular complexity index is 343. The lowest BCUT2D eigenvalue weighted by molar-refractivity contribution is 0.150. The van der Waals surface area contributed by atoms with Crippen LogP contribution in [0.4, 0.5) is 0 Å². The highest BCUT2D eigenvalue weighted by Gasteiger charge is 2.17. The topological polar surface area (TPSA) is 50.7 Å². The Labute approximate surface area is 86.3 Å². The third-order valence-electron chi connectivity index (χ3n) is 2.01. The molecule has 1 aliphatic heterocycles. The molecule has 0 saturated heterocycles. The van der Waals surface area contributed by atoms with E-state index in [0.717, 1.165) is 0 Å². The molecule has 1 aromatic rings. The smallest absolute Gasteiger partial charge is 0.167 e. The predicted molar refractivity (Wildman–Crippen MR) is 51.1 cm³/mol. The summed E-state index contributed by atoms with van der Waals surface area (Å²) in [6.07, 6.45) is 0. The third kappa shape index (κ3) is 1.64. The molecule has 2 N–H and O–H groups in total. The molecule has 0 aliphatic carbocycles. The highest BCUT2D eigenvalue weighted by Crippen LogP contribution is 2.37.